The van der Waals surface area contributed by atoms with Crippen LogP contribution in [0.2, 0.25) is 0 Å². The van der Waals surface area contributed by atoms with Crippen LogP contribution in [0.4, 0.5) is 0 Å². The van der Waals surface area contributed by atoms with Crippen LogP contribution in [0.5, 0.6) is 0 Å². The van der Waals surface area contributed by atoms with Gasteiger partial charge in [0, 0.05) is 38.3 Å². The SMILES string of the molecule is O=C(O)C1CN(Cc2cccc(C3CCCC3)c2)CC12CCOCC2. The zero-order valence-electron chi connectivity index (χ0n) is 15.0. The van der Waals surface area contributed by atoms with E-state index < -0.39 is 5.97 Å². The molecule has 0 aromatic heterocycles. The summed E-state index contributed by atoms with van der Waals surface area (Å²) in [6.07, 6.45) is 7.09. The topological polar surface area (TPSA) is 49.8 Å². The number of aliphatic carboxylic acids is 1. The summed E-state index contributed by atoms with van der Waals surface area (Å²) in [5.74, 6) is -0.161. The van der Waals surface area contributed by atoms with Crippen LogP contribution in [0.25, 0.3) is 0 Å². The zero-order chi connectivity index (χ0) is 17.3. The average Bonchev–Trinajstić information content (AvgIpc) is 3.25. The molecule has 2 heterocycles. The number of hydrogen-bond donors (Lipinski definition) is 1. The molecule has 0 radical (unpaired) electrons. The Morgan fingerprint density at radius 1 is 1.24 bits per heavy atom. The molecule has 1 spiro atoms. The Morgan fingerprint density at radius 3 is 2.72 bits per heavy atom. The fourth-order valence-corrected chi connectivity index (χ4v) is 5.28. The lowest BCUT2D eigenvalue weighted by molar-refractivity contribution is -0.147. The number of ether oxygens (including phenoxy) is 1. The predicted octanol–water partition coefficient (Wildman–Crippen LogP) is 3.66. The minimum Gasteiger partial charge on any atom is -0.481 e. The largest absolute Gasteiger partial charge is 0.481 e. The van der Waals surface area contributed by atoms with Crippen LogP contribution >= 0.6 is 0 Å². The van der Waals surface area contributed by atoms with Gasteiger partial charge in [0.2, 0.25) is 0 Å². The summed E-state index contributed by atoms with van der Waals surface area (Å²) in [5.41, 5.74) is 2.72. The minimum absolute atomic E-state index is 0.0901. The molecule has 136 valence electrons. The molecule has 1 saturated carbocycles. The first-order chi connectivity index (χ1) is 12.2. The Morgan fingerprint density at radius 2 is 2.00 bits per heavy atom. The van der Waals surface area contributed by atoms with Crippen molar-refractivity contribution >= 4 is 5.97 Å². The predicted molar refractivity (Wildman–Crippen MR) is 96.5 cm³/mol. The quantitative estimate of drug-likeness (QED) is 0.906. The summed E-state index contributed by atoms with van der Waals surface area (Å²) < 4.78 is 5.50. The van der Waals surface area contributed by atoms with E-state index in [2.05, 4.69) is 29.2 Å². The van der Waals surface area contributed by atoms with E-state index in [0.29, 0.717) is 19.8 Å². The molecule has 0 amide bonds. The third-order valence-corrected chi connectivity index (χ3v) is 6.69. The number of hydrogen-bond acceptors (Lipinski definition) is 3. The Bertz CT molecular complexity index is 617. The van der Waals surface area contributed by atoms with Gasteiger partial charge in [0.1, 0.15) is 0 Å². The molecule has 1 unspecified atom stereocenters. The third kappa shape index (κ3) is 3.47. The van der Waals surface area contributed by atoms with E-state index in [4.69, 9.17) is 4.74 Å². The monoisotopic (exact) mass is 343 g/mol. The fraction of sp³-hybridized carbons (Fsp3) is 0.667. The first kappa shape index (κ1) is 17.0. The highest BCUT2D eigenvalue weighted by atomic mass is 16.5. The maximum Gasteiger partial charge on any atom is 0.308 e. The third-order valence-electron chi connectivity index (χ3n) is 6.69. The molecule has 3 fully saturated rings. The summed E-state index contributed by atoms with van der Waals surface area (Å²) in [7, 11) is 0. The van der Waals surface area contributed by atoms with Crippen LogP contribution in [0.3, 0.4) is 0 Å². The molecule has 0 bridgehead atoms. The molecule has 1 aromatic carbocycles. The van der Waals surface area contributed by atoms with Crippen molar-refractivity contribution in [1.29, 1.82) is 0 Å². The van der Waals surface area contributed by atoms with Crippen molar-refractivity contribution in [2.45, 2.75) is 51.0 Å². The van der Waals surface area contributed by atoms with E-state index in [1.54, 1.807) is 0 Å². The fourth-order valence-electron chi connectivity index (χ4n) is 5.28. The normalized spacial score (nSPS) is 27.1. The molecular formula is C21H29NO3. The summed E-state index contributed by atoms with van der Waals surface area (Å²) in [4.78, 5) is 14.2. The number of nitrogens with zero attached hydrogens (tertiary/aromatic N) is 1. The summed E-state index contributed by atoms with van der Waals surface area (Å²) in [6, 6.07) is 9.01. The Balaban J connectivity index is 1.47. The maximum absolute atomic E-state index is 11.8. The van der Waals surface area contributed by atoms with Gasteiger partial charge in [0.05, 0.1) is 5.92 Å². The van der Waals surface area contributed by atoms with E-state index in [0.717, 1.165) is 31.8 Å². The summed E-state index contributed by atoms with van der Waals surface area (Å²) in [6.45, 7) is 3.83. The second-order valence-electron chi connectivity index (χ2n) is 8.26. The lowest BCUT2D eigenvalue weighted by Crippen LogP contribution is -2.40. The van der Waals surface area contributed by atoms with Gasteiger partial charge < -0.3 is 9.84 Å². The van der Waals surface area contributed by atoms with Gasteiger partial charge in [-0.15, -0.1) is 0 Å². The molecule has 2 aliphatic heterocycles. The molecule has 1 N–H and O–H groups in total. The minimum atomic E-state index is -0.635. The van der Waals surface area contributed by atoms with Crippen molar-refractivity contribution in [3.8, 4) is 0 Å². The molecule has 2 saturated heterocycles. The first-order valence-electron chi connectivity index (χ1n) is 9.78. The van der Waals surface area contributed by atoms with Gasteiger partial charge in [-0.1, -0.05) is 37.1 Å². The second-order valence-corrected chi connectivity index (χ2v) is 8.26. The molecule has 3 aliphatic rings. The molecule has 4 nitrogen and oxygen atoms in total. The van der Waals surface area contributed by atoms with Crippen LogP contribution in [0.15, 0.2) is 24.3 Å². The smallest absolute Gasteiger partial charge is 0.308 e. The van der Waals surface area contributed by atoms with Crippen molar-refractivity contribution in [3.63, 3.8) is 0 Å². The van der Waals surface area contributed by atoms with Crippen molar-refractivity contribution in [3.05, 3.63) is 35.4 Å². The highest BCUT2D eigenvalue weighted by Gasteiger charge is 2.50. The van der Waals surface area contributed by atoms with E-state index in [1.165, 1.54) is 36.8 Å². The van der Waals surface area contributed by atoms with E-state index in [-0.39, 0.29) is 11.3 Å². The van der Waals surface area contributed by atoms with Crippen molar-refractivity contribution < 1.29 is 14.6 Å². The van der Waals surface area contributed by atoms with Crippen LogP contribution < -0.4 is 0 Å². The standard InChI is InChI=1S/C21H29NO3/c23-20(24)19-14-22(15-21(19)8-10-25-11-9-21)13-16-4-3-7-18(12-16)17-5-1-2-6-17/h3-4,7,12,17,19H,1-2,5-6,8-11,13-15H2,(H,23,24). The number of carbonyl (C=O) groups is 1. The lowest BCUT2D eigenvalue weighted by Gasteiger charge is -2.36. The van der Waals surface area contributed by atoms with Gasteiger partial charge >= 0.3 is 5.97 Å². The van der Waals surface area contributed by atoms with Crippen molar-refractivity contribution in [2.75, 3.05) is 26.3 Å². The van der Waals surface area contributed by atoms with Crippen LogP contribution in [-0.4, -0.2) is 42.3 Å². The molecule has 25 heavy (non-hydrogen) atoms. The number of carboxylic acid groups (broad SMARTS) is 1. The molecule has 1 aliphatic carbocycles. The Kier molecular flexibility index (Phi) is 4.83. The van der Waals surface area contributed by atoms with E-state index in [9.17, 15) is 9.90 Å². The van der Waals surface area contributed by atoms with E-state index >= 15 is 0 Å². The molecule has 1 atom stereocenters. The lowest BCUT2D eigenvalue weighted by atomic mass is 9.72. The summed E-state index contributed by atoms with van der Waals surface area (Å²) >= 11 is 0. The molecule has 4 rings (SSSR count). The number of carboxylic acids is 1. The van der Waals surface area contributed by atoms with Gasteiger partial charge in [-0.2, -0.15) is 0 Å². The van der Waals surface area contributed by atoms with Gasteiger partial charge in [0.25, 0.3) is 0 Å². The number of rotatable bonds is 4. The van der Waals surface area contributed by atoms with Gasteiger partial charge in [0.15, 0.2) is 0 Å². The van der Waals surface area contributed by atoms with Crippen LogP contribution in [0, 0.1) is 11.3 Å². The van der Waals surface area contributed by atoms with Crippen molar-refractivity contribution in [1.82, 2.24) is 4.90 Å². The van der Waals surface area contributed by atoms with Gasteiger partial charge in [-0.3, -0.25) is 9.69 Å². The van der Waals surface area contributed by atoms with Gasteiger partial charge in [-0.25, -0.2) is 0 Å². The van der Waals surface area contributed by atoms with Crippen LogP contribution in [0.1, 0.15) is 55.6 Å². The molecule has 4 heteroatoms. The Labute approximate surface area is 150 Å². The zero-order valence-corrected chi connectivity index (χ0v) is 15.0. The maximum atomic E-state index is 11.8. The van der Waals surface area contributed by atoms with Gasteiger partial charge in [-0.05, 0) is 42.7 Å². The highest BCUT2D eigenvalue weighted by molar-refractivity contribution is 5.72. The second kappa shape index (κ2) is 7.08. The highest BCUT2D eigenvalue weighted by Crippen LogP contribution is 2.45. The van der Waals surface area contributed by atoms with Crippen molar-refractivity contribution in [2.24, 2.45) is 11.3 Å². The summed E-state index contributed by atoms with van der Waals surface area (Å²) in [5, 5.41) is 9.73. The average molecular weight is 343 g/mol. The van der Waals surface area contributed by atoms with Crippen LogP contribution in [-0.2, 0) is 16.1 Å². The number of benzene rings is 1. The first-order valence-corrected chi connectivity index (χ1v) is 9.78. The number of likely N-dealkylation sites (tertiary alicyclic amines) is 1. The molecular weight excluding hydrogens is 314 g/mol. The Hall–Kier alpha value is -1.39. The van der Waals surface area contributed by atoms with E-state index in [1.807, 2.05) is 0 Å². The molecule has 1 aromatic rings.